The van der Waals surface area contributed by atoms with Gasteiger partial charge in [-0.2, -0.15) is 0 Å². The Morgan fingerprint density at radius 3 is 2.63 bits per heavy atom. The molecular formula is C21H21FN2O3. The molecule has 1 atom stereocenters. The molecule has 2 aromatic carbocycles. The zero-order chi connectivity index (χ0) is 19.0. The smallest absolute Gasteiger partial charge is 0.277 e. The van der Waals surface area contributed by atoms with Crippen LogP contribution in [-0.2, 0) is 24.2 Å². The van der Waals surface area contributed by atoms with Gasteiger partial charge in [-0.1, -0.05) is 18.2 Å². The van der Waals surface area contributed by atoms with Gasteiger partial charge in [0.25, 0.3) is 5.91 Å². The van der Waals surface area contributed by atoms with Crippen LogP contribution in [0, 0.1) is 11.2 Å². The van der Waals surface area contributed by atoms with Gasteiger partial charge in [-0.15, -0.1) is 0 Å². The number of nitrogens with one attached hydrogen (secondary N) is 1. The number of carbonyl (C=O) groups excluding carboxylic acids is 2. The Hall–Kier alpha value is -2.73. The number of halogens is 1. The van der Waals surface area contributed by atoms with Gasteiger partial charge >= 0.3 is 0 Å². The monoisotopic (exact) mass is 368 g/mol. The minimum atomic E-state index is -0.516. The van der Waals surface area contributed by atoms with Crippen LogP contribution in [0.15, 0.2) is 42.5 Å². The van der Waals surface area contributed by atoms with Gasteiger partial charge in [0.1, 0.15) is 5.82 Å². The Morgan fingerprint density at radius 2 is 1.93 bits per heavy atom. The zero-order valence-corrected chi connectivity index (χ0v) is 14.9. The molecule has 4 rings (SSSR count). The van der Waals surface area contributed by atoms with Crippen LogP contribution in [-0.4, -0.2) is 28.6 Å². The van der Waals surface area contributed by atoms with Crippen molar-refractivity contribution in [3.63, 3.8) is 0 Å². The first-order chi connectivity index (χ1) is 13.0. The summed E-state index contributed by atoms with van der Waals surface area (Å²) in [7, 11) is 0. The van der Waals surface area contributed by atoms with Gasteiger partial charge in [0.15, 0.2) is 0 Å². The molecule has 2 amide bonds. The van der Waals surface area contributed by atoms with Gasteiger partial charge in [0, 0.05) is 12.1 Å². The fourth-order valence-electron chi connectivity index (χ4n) is 4.10. The molecule has 0 aromatic heterocycles. The van der Waals surface area contributed by atoms with Gasteiger partial charge in [0.05, 0.1) is 12.0 Å². The summed E-state index contributed by atoms with van der Waals surface area (Å²) < 4.78 is 13.0. The number of amides is 2. The van der Waals surface area contributed by atoms with Crippen LogP contribution in [0.5, 0.6) is 0 Å². The lowest BCUT2D eigenvalue weighted by atomic mass is 9.70. The largest absolute Gasteiger partial charge is 0.356 e. The molecule has 1 saturated heterocycles. The Bertz CT molecular complexity index is 897. The van der Waals surface area contributed by atoms with Gasteiger partial charge in [0.2, 0.25) is 5.91 Å². The van der Waals surface area contributed by atoms with Crippen LogP contribution in [0.4, 0.5) is 4.39 Å². The second-order valence-corrected chi connectivity index (χ2v) is 7.44. The van der Waals surface area contributed by atoms with Crippen LogP contribution in [0.2, 0.25) is 0 Å². The van der Waals surface area contributed by atoms with E-state index in [1.165, 1.54) is 24.3 Å². The second kappa shape index (κ2) is 6.78. The van der Waals surface area contributed by atoms with Gasteiger partial charge in [-0.3, -0.25) is 14.8 Å². The number of hydroxylamine groups is 2. The van der Waals surface area contributed by atoms with Crippen molar-refractivity contribution in [2.75, 3.05) is 6.54 Å². The van der Waals surface area contributed by atoms with E-state index in [-0.39, 0.29) is 23.7 Å². The van der Waals surface area contributed by atoms with E-state index in [0.29, 0.717) is 29.2 Å². The molecular weight excluding hydrogens is 347 g/mol. The summed E-state index contributed by atoms with van der Waals surface area (Å²) in [5.41, 5.74) is 2.81. The summed E-state index contributed by atoms with van der Waals surface area (Å²) in [6.45, 7) is 0.678. The van der Waals surface area contributed by atoms with E-state index < -0.39 is 5.91 Å². The third-order valence-electron chi connectivity index (χ3n) is 5.71. The Labute approximate surface area is 156 Å². The molecule has 27 heavy (non-hydrogen) atoms. The highest BCUT2D eigenvalue weighted by Crippen LogP contribution is 2.41. The van der Waals surface area contributed by atoms with Crippen molar-refractivity contribution in [1.82, 2.24) is 10.4 Å². The average molecular weight is 368 g/mol. The molecule has 1 fully saturated rings. The number of carbonyl (C=O) groups is 2. The van der Waals surface area contributed by atoms with E-state index in [1.807, 2.05) is 6.07 Å². The Kier molecular flexibility index (Phi) is 4.44. The maximum atomic E-state index is 13.0. The lowest BCUT2D eigenvalue weighted by molar-refractivity contribution is -0.128. The Morgan fingerprint density at radius 1 is 1.15 bits per heavy atom. The molecule has 2 aliphatic rings. The lowest BCUT2D eigenvalue weighted by Gasteiger charge is -2.32. The van der Waals surface area contributed by atoms with E-state index in [0.717, 1.165) is 30.4 Å². The van der Waals surface area contributed by atoms with Gasteiger partial charge < -0.3 is 5.32 Å². The third-order valence-corrected chi connectivity index (χ3v) is 5.71. The number of hydrogen-bond acceptors (Lipinski definition) is 3. The molecule has 1 aliphatic carbocycles. The van der Waals surface area contributed by atoms with E-state index in [9.17, 15) is 19.2 Å². The highest BCUT2D eigenvalue weighted by molar-refractivity contribution is 5.94. The summed E-state index contributed by atoms with van der Waals surface area (Å²) in [4.78, 5) is 24.9. The highest BCUT2D eigenvalue weighted by atomic mass is 19.1. The van der Waals surface area contributed by atoms with Crippen LogP contribution < -0.4 is 5.32 Å². The van der Waals surface area contributed by atoms with Crippen molar-refractivity contribution in [2.45, 2.75) is 32.2 Å². The number of nitrogens with zero attached hydrogens (tertiary/aromatic N) is 1. The molecule has 0 radical (unpaired) electrons. The fourth-order valence-corrected chi connectivity index (χ4v) is 4.10. The van der Waals surface area contributed by atoms with E-state index in [4.69, 9.17) is 0 Å². The topological polar surface area (TPSA) is 69.6 Å². The highest BCUT2D eigenvalue weighted by Gasteiger charge is 2.44. The molecule has 0 unspecified atom stereocenters. The number of hydrogen-bond donors (Lipinski definition) is 2. The molecule has 140 valence electrons. The summed E-state index contributed by atoms with van der Waals surface area (Å²) >= 11 is 0. The summed E-state index contributed by atoms with van der Waals surface area (Å²) in [6, 6.07) is 11.0. The van der Waals surface area contributed by atoms with E-state index >= 15 is 0 Å². The number of aryl methyl sites for hydroxylation is 1. The van der Waals surface area contributed by atoms with Crippen molar-refractivity contribution in [3.8, 4) is 0 Å². The quantitative estimate of drug-likeness (QED) is 0.647. The lowest BCUT2D eigenvalue weighted by Crippen LogP contribution is -2.36. The van der Waals surface area contributed by atoms with Crippen LogP contribution in [0.3, 0.4) is 0 Å². The minimum Gasteiger partial charge on any atom is -0.356 e. The normalized spacial score (nSPS) is 21.0. The number of rotatable bonds is 3. The standard InChI is InChI=1S/C21H21FN2O3/c22-18-5-1-14(2-6-18)13-24(27)19(25)16-4-3-15-7-8-21(12-17(15)11-16)9-10-23-20(21)26/h1-6,11,27H,7-10,12-13H2,(H,23,26)/t21-/m0/s1. The first kappa shape index (κ1) is 17.7. The maximum absolute atomic E-state index is 13.0. The number of fused-ring (bicyclic) bond motifs is 1. The van der Waals surface area contributed by atoms with Crippen molar-refractivity contribution < 1.29 is 19.2 Å². The Balaban J connectivity index is 1.52. The van der Waals surface area contributed by atoms with Crippen molar-refractivity contribution in [1.29, 1.82) is 0 Å². The molecule has 0 saturated carbocycles. The molecule has 0 bridgehead atoms. The summed E-state index contributed by atoms with van der Waals surface area (Å²) in [5, 5.41) is 13.7. The van der Waals surface area contributed by atoms with Crippen LogP contribution in [0.25, 0.3) is 0 Å². The predicted molar refractivity (Wildman–Crippen MR) is 96.6 cm³/mol. The fraction of sp³-hybridized carbons (Fsp3) is 0.333. The van der Waals surface area contributed by atoms with Crippen LogP contribution in [0.1, 0.15) is 39.9 Å². The first-order valence-corrected chi connectivity index (χ1v) is 9.12. The van der Waals surface area contributed by atoms with Crippen molar-refractivity contribution in [3.05, 3.63) is 70.5 Å². The van der Waals surface area contributed by atoms with E-state index in [2.05, 4.69) is 5.32 Å². The summed E-state index contributed by atoms with van der Waals surface area (Å²) in [5.74, 6) is -0.781. The van der Waals surface area contributed by atoms with Crippen molar-refractivity contribution >= 4 is 11.8 Å². The molecule has 5 nitrogen and oxygen atoms in total. The van der Waals surface area contributed by atoms with Gasteiger partial charge in [-0.25, -0.2) is 9.45 Å². The second-order valence-electron chi connectivity index (χ2n) is 7.44. The molecule has 1 heterocycles. The number of benzene rings is 2. The first-order valence-electron chi connectivity index (χ1n) is 9.12. The van der Waals surface area contributed by atoms with Crippen molar-refractivity contribution in [2.24, 2.45) is 5.41 Å². The molecule has 2 N–H and O–H groups in total. The third kappa shape index (κ3) is 3.32. The molecule has 1 aliphatic heterocycles. The maximum Gasteiger partial charge on any atom is 0.277 e. The molecule has 2 aromatic rings. The molecule has 1 spiro atoms. The van der Waals surface area contributed by atoms with E-state index in [1.54, 1.807) is 12.1 Å². The zero-order valence-electron chi connectivity index (χ0n) is 14.9. The van der Waals surface area contributed by atoms with Gasteiger partial charge in [-0.05, 0) is 66.6 Å². The molecule has 6 heteroatoms. The SMILES string of the molecule is O=C(c1ccc2c(c1)C[C@@]1(CCNC1=O)CC2)N(O)Cc1ccc(F)cc1. The average Bonchev–Trinajstić information content (AvgIpc) is 3.02. The van der Waals surface area contributed by atoms with Crippen LogP contribution >= 0.6 is 0 Å². The predicted octanol–water partition coefficient (Wildman–Crippen LogP) is 2.85. The minimum absolute atomic E-state index is 0.0253. The summed E-state index contributed by atoms with van der Waals surface area (Å²) in [6.07, 6.45) is 3.09.